The summed E-state index contributed by atoms with van der Waals surface area (Å²) in [5.41, 5.74) is 23.8. The topological polar surface area (TPSA) is 283 Å². The molecule has 16 heteroatoms. The quantitative estimate of drug-likeness (QED) is 0.111. The van der Waals surface area contributed by atoms with Gasteiger partial charge in [-0.3, -0.25) is 4.79 Å². The lowest BCUT2D eigenvalue weighted by Gasteiger charge is -2.48. The van der Waals surface area contributed by atoms with Crippen LogP contribution in [-0.2, 0) is 23.7 Å². The van der Waals surface area contributed by atoms with Gasteiger partial charge in [-0.2, -0.15) is 0 Å². The number of hydrogen-bond donors (Lipinski definition) is 11. The van der Waals surface area contributed by atoms with Crippen molar-refractivity contribution in [1.29, 1.82) is 0 Å². The Kier molecular flexibility index (Phi) is 12.2. The number of nitrogens with one attached hydrogen (secondary N) is 2. The first-order valence-electron chi connectivity index (χ1n) is 13.4. The van der Waals surface area contributed by atoms with E-state index in [0.29, 0.717) is 12.8 Å². The smallest absolute Gasteiger partial charge is 0.249 e. The molecule has 0 radical (unpaired) electrons. The molecule has 0 aromatic carbocycles. The average Bonchev–Trinajstić information content (AvgIpc) is 2.91. The highest BCUT2D eigenvalue weighted by atomic mass is 16.7. The molecule has 6 unspecified atom stereocenters. The van der Waals surface area contributed by atoms with Crippen LogP contribution in [0.2, 0.25) is 0 Å². The third kappa shape index (κ3) is 7.60. The Balaban J connectivity index is 1.84. The van der Waals surface area contributed by atoms with Gasteiger partial charge in [0.1, 0.15) is 42.7 Å². The maximum atomic E-state index is 12.6. The summed E-state index contributed by atoms with van der Waals surface area (Å²) < 4.78 is 23.5. The van der Waals surface area contributed by atoms with Gasteiger partial charge < -0.3 is 78.0 Å². The van der Waals surface area contributed by atoms with Crippen molar-refractivity contribution in [2.24, 2.45) is 22.9 Å². The summed E-state index contributed by atoms with van der Waals surface area (Å²) in [5, 5.41) is 57.9. The first kappa shape index (κ1) is 32.4. The Morgan fingerprint density at radius 3 is 2.31 bits per heavy atom. The highest BCUT2D eigenvalue weighted by Crippen LogP contribution is 2.31. The maximum Gasteiger partial charge on any atom is 0.249 e. The molecule has 2 heterocycles. The van der Waals surface area contributed by atoms with Gasteiger partial charge in [0.15, 0.2) is 12.6 Å². The van der Waals surface area contributed by atoms with Crippen LogP contribution >= 0.6 is 0 Å². The molecule has 1 aliphatic carbocycles. The summed E-state index contributed by atoms with van der Waals surface area (Å²) in [5.74, 6) is -0.747. The zero-order chi connectivity index (χ0) is 28.9. The van der Waals surface area contributed by atoms with Crippen LogP contribution < -0.4 is 33.6 Å². The Bertz CT molecular complexity index is 773. The van der Waals surface area contributed by atoms with Crippen LogP contribution in [0.3, 0.4) is 0 Å². The zero-order valence-electron chi connectivity index (χ0n) is 22.1. The number of carbonyl (C=O) groups excluding carboxylic acids is 1. The van der Waals surface area contributed by atoms with Crippen molar-refractivity contribution in [3.8, 4) is 0 Å². The number of nitrogens with two attached hydrogens (primary N) is 4. The van der Waals surface area contributed by atoms with Crippen LogP contribution in [0.1, 0.15) is 25.7 Å². The number of hydrogen-bond acceptors (Lipinski definition) is 15. The second-order valence-electron chi connectivity index (χ2n) is 10.4. The molecular formula is C23H46N6O10. The number of aliphatic hydroxyl groups is 5. The summed E-state index contributed by atoms with van der Waals surface area (Å²) >= 11 is 0. The van der Waals surface area contributed by atoms with E-state index in [9.17, 15) is 30.3 Å². The number of rotatable bonds is 11. The van der Waals surface area contributed by atoms with Gasteiger partial charge in [0.25, 0.3) is 0 Å². The van der Waals surface area contributed by atoms with Crippen molar-refractivity contribution < 1.29 is 49.3 Å². The minimum atomic E-state index is -1.48. The van der Waals surface area contributed by atoms with Crippen molar-refractivity contribution >= 4 is 5.91 Å². The largest absolute Gasteiger partial charge is 0.394 e. The Labute approximate surface area is 227 Å². The fourth-order valence-electron chi connectivity index (χ4n) is 5.34. The van der Waals surface area contributed by atoms with Gasteiger partial charge in [0.2, 0.25) is 5.91 Å². The van der Waals surface area contributed by atoms with Crippen molar-refractivity contribution in [3.05, 3.63) is 0 Å². The number of aliphatic hydroxyl groups excluding tert-OH is 5. The van der Waals surface area contributed by atoms with Gasteiger partial charge in [0, 0.05) is 12.6 Å². The summed E-state index contributed by atoms with van der Waals surface area (Å²) in [6, 6.07) is -3.20. The van der Waals surface area contributed by atoms with E-state index in [1.165, 1.54) is 7.05 Å². The van der Waals surface area contributed by atoms with Crippen LogP contribution in [0.25, 0.3) is 0 Å². The SMILES string of the molecule is CN[C@@H]1C(O)[C@@H](O[C@@H]2C(O)C(O[C@H]3OC(CN)CCC3N)[C@@H](N)C[C@H]2NC(=O)[C@@H](O)CCN)OC(CO)[C@@H]1O. The summed E-state index contributed by atoms with van der Waals surface area (Å²) in [4.78, 5) is 12.6. The third-order valence-corrected chi connectivity index (χ3v) is 7.65. The molecule has 16 nitrogen and oxygen atoms in total. The fourth-order valence-corrected chi connectivity index (χ4v) is 5.34. The summed E-state index contributed by atoms with van der Waals surface area (Å²) in [6.07, 6.45) is -10.3. The predicted molar refractivity (Wildman–Crippen MR) is 135 cm³/mol. The van der Waals surface area contributed by atoms with E-state index >= 15 is 0 Å². The lowest BCUT2D eigenvalue weighted by atomic mass is 9.83. The number of likely N-dealkylation sites (N-methyl/N-ethyl adjacent to an activating group) is 1. The highest BCUT2D eigenvalue weighted by molar-refractivity contribution is 5.80. The van der Waals surface area contributed by atoms with E-state index in [2.05, 4.69) is 10.6 Å². The third-order valence-electron chi connectivity index (χ3n) is 7.65. The Morgan fingerprint density at radius 1 is 1.00 bits per heavy atom. The molecular weight excluding hydrogens is 520 g/mol. The van der Waals surface area contributed by atoms with Gasteiger partial charge in [-0.15, -0.1) is 0 Å². The predicted octanol–water partition coefficient (Wildman–Crippen LogP) is -6.14. The standard InChI is InChI=1S/C23H46N6O10/c1-28-15-16(32)14(8-30)37-23(17(15)33)39-20-12(29-21(35)13(31)4-5-24)6-11(27)19(18(20)34)38-22-10(26)3-2-9(7-25)36-22/h9-20,22-23,28,30-34H,2-8,24-27H2,1H3,(H,29,35)/t9?,10?,11-,12+,13-,14?,15-,16-,17?,18?,19?,20-,22+,23+/m0/s1. The molecule has 2 saturated heterocycles. The van der Waals surface area contributed by atoms with Gasteiger partial charge in [-0.25, -0.2) is 0 Å². The van der Waals surface area contributed by atoms with E-state index in [-0.39, 0.29) is 32.0 Å². The minimum Gasteiger partial charge on any atom is -0.394 e. The minimum absolute atomic E-state index is 0.00794. The van der Waals surface area contributed by atoms with Crippen molar-refractivity contribution in [3.63, 3.8) is 0 Å². The Morgan fingerprint density at radius 2 is 1.69 bits per heavy atom. The van der Waals surface area contributed by atoms with E-state index in [1.807, 2.05) is 0 Å². The highest BCUT2D eigenvalue weighted by Gasteiger charge is 2.51. The molecule has 15 N–H and O–H groups in total. The average molecular weight is 567 g/mol. The van der Waals surface area contributed by atoms with Crippen molar-refractivity contribution in [1.82, 2.24) is 10.6 Å². The molecule has 0 bridgehead atoms. The number of amides is 1. The molecule has 0 spiro atoms. The van der Waals surface area contributed by atoms with Crippen molar-refractivity contribution in [2.45, 2.75) is 111 Å². The first-order valence-corrected chi connectivity index (χ1v) is 13.4. The molecule has 14 atom stereocenters. The molecule has 228 valence electrons. The first-order chi connectivity index (χ1) is 18.6. The Hall–Kier alpha value is -1.09. The maximum absolute atomic E-state index is 12.6. The summed E-state index contributed by atoms with van der Waals surface area (Å²) in [7, 11) is 1.51. The zero-order valence-corrected chi connectivity index (χ0v) is 22.1. The molecule has 3 aliphatic rings. The van der Waals surface area contributed by atoms with E-state index < -0.39 is 92.0 Å². The van der Waals surface area contributed by atoms with Crippen LogP contribution in [0.4, 0.5) is 0 Å². The second kappa shape index (κ2) is 14.7. The van der Waals surface area contributed by atoms with Gasteiger partial charge in [-0.05, 0) is 39.3 Å². The van der Waals surface area contributed by atoms with Crippen LogP contribution in [-0.4, -0.2) is 144 Å². The lowest BCUT2D eigenvalue weighted by Crippen LogP contribution is -2.69. The van der Waals surface area contributed by atoms with Gasteiger partial charge >= 0.3 is 0 Å². The van der Waals surface area contributed by atoms with Gasteiger partial charge in [-0.1, -0.05) is 0 Å². The molecule has 0 aromatic rings. The lowest BCUT2D eigenvalue weighted by molar-refractivity contribution is -0.315. The molecule has 0 aromatic heterocycles. The number of carbonyl (C=O) groups is 1. The van der Waals surface area contributed by atoms with Crippen molar-refractivity contribution in [2.75, 3.05) is 26.7 Å². The van der Waals surface area contributed by atoms with Gasteiger partial charge in [0.05, 0.1) is 30.8 Å². The monoisotopic (exact) mass is 566 g/mol. The van der Waals surface area contributed by atoms with Crippen LogP contribution in [0.5, 0.6) is 0 Å². The van der Waals surface area contributed by atoms with E-state index in [4.69, 9.17) is 41.9 Å². The summed E-state index contributed by atoms with van der Waals surface area (Å²) in [6.45, 7) is -0.236. The van der Waals surface area contributed by atoms with E-state index in [0.717, 1.165) is 0 Å². The molecule has 39 heavy (non-hydrogen) atoms. The second-order valence-corrected chi connectivity index (χ2v) is 10.4. The van der Waals surface area contributed by atoms with E-state index in [1.54, 1.807) is 0 Å². The molecule has 1 amide bonds. The van der Waals surface area contributed by atoms with Crippen LogP contribution in [0.15, 0.2) is 0 Å². The number of ether oxygens (including phenoxy) is 4. The molecule has 1 saturated carbocycles. The molecule has 3 fully saturated rings. The van der Waals surface area contributed by atoms with Crippen LogP contribution in [0, 0.1) is 0 Å². The molecule has 3 rings (SSSR count). The molecule has 2 aliphatic heterocycles. The normalized spacial score (nSPS) is 44.1. The fraction of sp³-hybridized carbons (Fsp3) is 0.957.